The molecule has 0 aliphatic heterocycles. The molecule has 0 atom stereocenters. The van der Waals surface area contributed by atoms with E-state index < -0.39 is 10.0 Å². The number of hydrogen-bond acceptors (Lipinski definition) is 3. The van der Waals surface area contributed by atoms with Gasteiger partial charge in [0.05, 0.1) is 10.5 Å². The summed E-state index contributed by atoms with van der Waals surface area (Å²) in [7, 11) is -0.701. The van der Waals surface area contributed by atoms with Crippen LogP contribution >= 0.6 is 15.9 Å². The Bertz CT molecular complexity index is 893. The SMILES string of the molecule is Cc1ccc(NC(=O)c2cc(S(=O)(=O)N(C)C)ccc2Br)cc1C. The van der Waals surface area contributed by atoms with Crippen molar-refractivity contribution in [3.05, 3.63) is 57.6 Å². The van der Waals surface area contributed by atoms with Crippen LogP contribution in [0.25, 0.3) is 0 Å². The number of amides is 1. The van der Waals surface area contributed by atoms with Crippen molar-refractivity contribution in [2.24, 2.45) is 0 Å². The lowest BCUT2D eigenvalue weighted by atomic mass is 10.1. The maximum absolute atomic E-state index is 12.5. The van der Waals surface area contributed by atoms with Gasteiger partial charge in [0.25, 0.3) is 5.91 Å². The Labute approximate surface area is 150 Å². The number of anilines is 1. The molecule has 0 aromatic heterocycles. The van der Waals surface area contributed by atoms with E-state index in [1.807, 2.05) is 32.0 Å². The molecule has 0 fully saturated rings. The molecule has 128 valence electrons. The Balaban J connectivity index is 2.37. The minimum Gasteiger partial charge on any atom is -0.322 e. The van der Waals surface area contributed by atoms with Gasteiger partial charge in [-0.3, -0.25) is 4.79 Å². The van der Waals surface area contributed by atoms with E-state index in [1.54, 1.807) is 6.07 Å². The summed E-state index contributed by atoms with van der Waals surface area (Å²) in [6, 6.07) is 10.0. The van der Waals surface area contributed by atoms with Crippen molar-refractivity contribution in [3.8, 4) is 0 Å². The second kappa shape index (κ2) is 7.04. The normalized spacial score (nSPS) is 11.6. The third-order valence-corrected chi connectivity index (χ3v) is 6.23. The van der Waals surface area contributed by atoms with Crippen molar-refractivity contribution in [3.63, 3.8) is 0 Å². The second-order valence-electron chi connectivity index (χ2n) is 5.68. The average Bonchev–Trinajstić information content (AvgIpc) is 2.51. The molecule has 0 unspecified atom stereocenters. The molecule has 0 aliphatic rings. The molecule has 2 aromatic carbocycles. The summed E-state index contributed by atoms with van der Waals surface area (Å²) >= 11 is 3.31. The first-order valence-electron chi connectivity index (χ1n) is 7.23. The third-order valence-electron chi connectivity index (χ3n) is 3.73. The number of hydrogen-bond donors (Lipinski definition) is 1. The Kier molecular flexibility index (Phi) is 5.47. The molecule has 0 spiro atoms. The smallest absolute Gasteiger partial charge is 0.256 e. The van der Waals surface area contributed by atoms with E-state index in [1.165, 1.54) is 26.2 Å². The van der Waals surface area contributed by atoms with Crippen molar-refractivity contribution < 1.29 is 13.2 Å². The number of nitrogens with one attached hydrogen (secondary N) is 1. The summed E-state index contributed by atoms with van der Waals surface area (Å²) in [5.74, 6) is -0.374. The van der Waals surface area contributed by atoms with Crippen LogP contribution < -0.4 is 5.32 Å². The van der Waals surface area contributed by atoms with Crippen LogP contribution in [-0.4, -0.2) is 32.7 Å². The summed E-state index contributed by atoms with van der Waals surface area (Å²) in [5.41, 5.74) is 3.12. The number of carbonyl (C=O) groups excluding carboxylic acids is 1. The largest absolute Gasteiger partial charge is 0.322 e. The van der Waals surface area contributed by atoms with Crippen LogP contribution in [0.15, 0.2) is 45.8 Å². The fourth-order valence-corrected chi connectivity index (χ4v) is 3.42. The van der Waals surface area contributed by atoms with Gasteiger partial charge in [0, 0.05) is 24.3 Å². The molecule has 0 saturated heterocycles. The number of sulfonamides is 1. The van der Waals surface area contributed by atoms with Gasteiger partial charge < -0.3 is 5.32 Å². The first-order valence-corrected chi connectivity index (χ1v) is 9.47. The molecule has 0 aliphatic carbocycles. The van der Waals surface area contributed by atoms with Gasteiger partial charge in [-0.2, -0.15) is 0 Å². The van der Waals surface area contributed by atoms with Gasteiger partial charge in [0.1, 0.15) is 0 Å². The lowest BCUT2D eigenvalue weighted by Gasteiger charge is -2.13. The molecular weight excluding hydrogens is 392 g/mol. The molecule has 1 amide bonds. The van der Waals surface area contributed by atoms with Crippen LogP contribution in [0.3, 0.4) is 0 Å². The maximum atomic E-state index is 12.5. The van der Waals surface area contributed by atoms with E-state index in [-0.39, 0.29) is 16.4 Å². The third kappa shape index (κ3) is 3.85. The van der Waals surface area contributed by atoms with Crippen molar-refractivity contribution in [1.82, 2.24) is 4.31 Å². The highest BCUT2D eigenvalue weighted by Gasteiger charge is 2.20. The van der Waals surface area contributed by atoms with Gasteiger partial charge in [-0.25, -0.2) is 12.7 Å². The van der Waals surface area contributed by atoms with Crippen LogP contribution in [0.2, 0.25) is 0 Å². The molecule has 0 saturated carbocycles. The van der Waals surface area contributed by atoms with E-state index in [0.717, 1.165) is 15.4 Å². The van der Waals surface area contributed by atoms with Crippen molar-refractivity contribution in [1.29, 1.82) is 0 Å². The zero-order valence-corrected chi connectivity index (χ0v) is 16.3. The highest BCUT2D eigenvalue weighted by atomic mass is 79.9. The standard InChI is InChI=1S/C17H19BrN2O3S/c1-11-5-6-13(9-12(11)2)19-17(21)15-10-14(7-8-16(15)18)24(22,23)20(3)4/h5-10H,1-4H3,(H,19,21). The van der Waals surface area contributed by atoms with E-state index in [2.05, 4.69) is 21.2 Å². The Morgan fingerprint density at radius 1 is 1.04 bits per heavy atom. The number of nitrogens with zero attached hydrogens (tertiary/aromatic N) is 1. The number of halogens is 1. The quantitative estimate of drug-likeness (QED) is 0.837. The topological polar surface area (TPSA) is 66.5 Å². The molecule has 0 bridgehead atoms. The summed E-state index contributed by atoms with van der Waals surface area (Å²) < 4.78 is 26.1. The van der Waals surface area contributed by atoms with Crippen LogP contribution in [0.4, 0.5) is 5.69 Å². The Hall–Kier alpha value is -1.70. The van der Waals surface area contributed by atoms with E-state index >= 15 is 0 Å². The van der Waals surface area contributed by atoms with Crippen molar-refractivity contribution in [2.45, 2.75) is 18.7 Å². The summed E-state index contributed by atoms with van der Waals surface area (Å²) in [6.07, 6.45) is 0. The van der Waals surface area contributed by atoms with Crippen LogP contribution in [0.5, 0.6) is 0 Å². The zero-order valence-electron chi connectivity index (χ0n) is 13.9. The number of aryl methyl sites for hydroxylation is 2. The van der Waals surface area contributed by atoms with Crippen LogP contribution in [0, 0.1) is 13.8 Å². The zero-order chi connectivity index (χ0) is 18.1. The molecule has 2 aromatic rings. The molecule has 24 heavy (non-hydrogen) atoms. The highest BCUT2D eigenvalue weighted by molar-refractivity contribution is 9.10. The van der Waals surface area contributed by atoms with E-state index in [4.69, 9.17) is 0 Å². The highest BCUT2D eigenvalue weighted by Crippen LogP contribution is 2.24. The number of rotatable bonds is 4. The van der Waals surface area contributed by atoms with E-state index in [9.17, 15) is 13.2 Å². The van der Waals surface area contributed by atoms with Gasteiger partial charge >= 0.3 is 0 Å². The number of carbonyl (C=O) groups is 1. The molecule has 0 heterocycles. The first-order chi connectivity index (χ1) is 11.1. The first kappa shape index (κ1) is 18.6. The Morgan fingerprint density at radius 2 is 1.71 bits per heavy atom. The van der Waals surface area contributed by atoms with Crippen molar-refractivity contribution >= 4 is 37.5 Å². The minimum absolute atomic E-state index is 0.0703. The lowest BCUT2D eigenvalue weighted by Crippen LogP contribution is -2.23. The van der Waals surface area contributed by atoms with Crippen molar-refractivity contribution in [2.75, 3.05) is 19.4 Å². The minimum atomic E-state index is -3.60. The lowest BCUT2D eigenvalue weighted by molar-refractivity contribution is 0.102. The summed E-state index contributed by atoms with van der Waals surface area (Å²) in [4.78, 5) is 12.6. The molecule has 7 heteroatoms. The van der Waals surface area contributed by atoms with Gasteiger partial charge in [0.15, 0.2) is 0 Å². The predicted molar refractivity (Wildman–Crippen MR) is 98.9 cm³/mol. The predicted octanol–water partition coefficient (Wildman–Crippen LogP) is 3.57. The monoisotopic (exact) mass is 410 g/mol. The molecular formula is C17H19BrN2O3S. The molecule has 2 rings (SSSR count). The van der Waals surface area contributed by atoms with Gasteiger partial charge in [-0.05, 0) is 71.2 Å². The van der Waals surface area contributed by atoms with E-state index in [0.29, 0.717) is 10.2 Å². The average molecular weight is 411 g/mol. The number of benzene rings is 2. The second-order valence-corrected chi connectivity index (χ2v) is 8.69. The fourth-order valence-electron chi connectivity index (χ4n) is 2.07. The van der Waals surface area contributed by atoms with Gasteiger partial charge in [-0.15, -0.1) is 0 Å². The molecule has 5 nitrogen and oxygen atoms in total. The maximum Gasteiger partial charge on any atom is 0.256 e. The Morgan fingerprint density at radius 3 is 2.29 bits per heavy atom. The fraction of sp³-hybridized carbons (Fsp3) is 0.235. The van der Waals surface area contributed by atoms with Gasteiger partial charge in [0.2, 0.25) is 10.0 Å². The molecule has 1 N–H and O–H groups in total. The van der Waals surface area contributed by atoms with Crippen LogP contribution in [0.1, 0.15) is 21.5 Å². The summed E-state index contributed by atoms with van der Waals surface area (Å²) in [6.45, 7) is 3.96. The van der Waals surface area contributed by atoms with Gasteiger partial charge in [-0.1, -0.05) is 6.07 Å². The van der Waals surface area contributed by atoms with Crippen LogP contribution in [-0.2, 0) is 10.0 Å². The summed E-state index contributed by atoms with van der Waals surface area (Å²) in [5, 5.41) is 2.80. The molecule has 0 radical (unpaired) electrons.